The SMILES string of the molecule is COC(=O)C(N)Cc1ccc(C=O)cc1.Cn1nccc1O. The minimum Gasteiger partial charge on any atom is -0.493 e. The fourth-order valence-electron chi connectivity index (χ4n) is 1.59. The predicted molar refractivity (Wildman–Crippen MR) is 80.4 cm³/mol. The van der Waals surface area contributed by atoms with E-state index in [4.69, 9.17) is 10.8 Å². The minimum absolute atomic E-state index is 0.194. The third kappa shape index (κ3) is 5.37. The van der Waals surface area contributed by atoms with Crippen LogP contribution in [0.15, 0.2) is 36.5 Å². The van der Waals surface area contributed by atoms with Gasteiger partial charge in [-0.1, -0.05) is 24.3 Å². The van der Waals surface area contributed by atoms with Gasteiger partial charge in [0.05, 0.1) is 13.3 Å². The standard InChI is InChI=1S/C11H13NO3.C4H6N2O/c1-15-11(14)10(12)6-8-2-4-9(7-13)5-3-8;1-6-4(7)2-3-5-6/h2-5,7,10H,6,12H2,1H3;2-3,7H,1H3. The van der Waals surface area contributed by atoms with Crippen LogP contribution < -0.4 is 5.73 Å². The van der Waals surface area contributed by atoms with Crippen LogP contribution >= 0.6 is 0 Å². The summed E-state index contributed by atoms with van der Waals surface area (Å²) in [7, 11) is 2.98. The normalized spacial score (nSPS) is 11.0. The van der Waals surface area contributed by atoms with Crippen molar-refractivity contribution in [2.75, 3.05) is 7.11 Å². The number of rotatable bonds is 4. The number of hydrogen-bond acceptors (Lipinski definition) is 6. The first-order chi connectivity index (χ1) is 10.5. The molecule has 2 rings (SSSR count). The lowest BCUT2D eigenvalue weighted by Crippen LogP contribution is -2.33. The Hall–Kier alpha value is -2.67. The molecule has 1 aromatic heterocycles. The Balaban J connectivity index is 0.000000287. The highest BCUT2D eigenvalue weighted by Gasteiger charge is 2.13. The minimum atomic E-state index is -0.655. The van der Waals surface area contributed by atoms with E-state index in [2.05, 4.69) is 9.84 Å². The molecule has 1 atom stereocenters. The number of aldehydes is 1. The molecule has 7 nitrogen and oxygen atoms in total. The van der Waals surface area contributed by atoms with Crippen molar-refractivity contribution in [2.45, 2.75) is 12.5 Å². The van der Waals surface area contributed by atoms with E-state index in [1.807, 2.05) is 0 Å². The third-order valence-electron chi connectivity index (χ3n) is 2.87. The number of aromatic hydroxyl groups is 1. The summed E-state index contributed by atoms with van der Waals surface area (Å²) in [4.78, 5) is 21.4. The largest absolute Gasteiger partial charge is 0.493 e. The number of aromatic nitrogens is 2. The van der Waals surface area contributed by atoms with Crippen LogP contribution in [0.1, 0.15) is 15.9 Å². The molecule has 1 unspecified atom stereocenters. The van der Waals surface area contributed by atoms with Crippen molar-refractivity contribution in [1.29, 1.82) is 0 Å². The van der Waals surface area contributed by atoms with E-state index in [-0.39, 0.29) is 5.88 Å². The lowest BCUT2D eigenvalue weighted by atomic mass is 10.1. The molecule has 1 heterocycles. The maximum atomic E-state index is 11.0. The first-order valence-corrected chi connectivity index (χ1v) is 6.52. The van der Waals surface area contributed by atoms with Crippen LogP contribution in [0.5, 0.6) is 5.88 Å². The average molecular weight is 305 g/mol. The Bertz CT molecular complexity index is 591. The van der Waals surface area contributed by atoms with E-state index in [0.29, 0.717) is 12.0 Å². The highest BCUT2D eigenvalue weighted by Crippen LogP contribution is 2.05. The van der Waals surface area contributed by atoms with Gasteiger partial charge in [-0.3, -0.25) is 9.59 Å². The first kappa shape index (κ1) is 17.4. The van der Waals surface area contributed by atoms with E-state index in [0.717, 1.165) is 11.8 Å². The number of carbonyl (C=O) groups is 2. The maximum Gasteiger partial charge on any atom is 0.322 e. The monoisotopic (exact) mass is 305 g/mol. The Morgan fingerprint density at radius 3 is 2.41 bits per heavy atom. The Morgan fingerprint density at radius 2 is 2.05 bits per heavy atom. The van der Waals surface area contributed by atoms with Gasteiger partial charge in [0.15, 0.2) is 0 Å². The summed E-state index contributed by atoms with van der Waals surface area (Å²) in [6, 6.07) is 7.79. The number of nitrogens with two attached hydrogens (primary N) is 1. The van der Waals surface area contributed by atoms with Gasteiger partial charge in [-0.05, 0) is 12.0 Å². The molecule has 0 saturated heterocycles. The van der Waals surface area contributed by atoms with Crippen molar-refractivity contribution >= 4 is 12.3 Å². The van der Waals surface area contributed by atoms with Crippen molar-refractivity contribution in [3.63, 3.8) is 0 Å². The van der Waals surface area contributed by atoms with Crippen molar-refractivity contribution in [3.05, 3.63) is 47.7 Å². The van der Waals surface area contributed by atoms with Crippen molar-refractivity contribution in [2.24, 2.45) is 12.8 Å². The fourth-order valence-corrected chi connectivity index (χ4v) is 1.59. The zero-order valence-electron chi connectivity index (χ0n) is 12.5. The molecule has 0 saturated carbocycles. The summed E-state index contributed by atoms with van der Waals surface area (Å²) in [5, 5.41) is 12.3. The quantitative estimate of drug-likeness (QED) is 0.635. The van der Waals surface area contributed by atoms with E-state index in [1.165, 1.54) is 24.1 Å². The number of benzene rings is 1. The molecule has 1 aromatic carbocycles. The molecule has 0 spiro atoms. The van der Waals surface area contributed by atoms with Crippen LogP contribution in [0.3, 0.4) is 0 Å². The molecule has 0 aliphatic heterocycles. The van der Waals surface area contributed by atoms with Gasteiger partial charge >= 0.3 is 5.97 Å². The van der Waals surface area contributed by atoms with E-state index in [9.17, 15) is 9.59 Å². The van der Waals surface area contributed by atoms with Gasteiger partial charge in [0, 0.05) is 18.7 Å². The summed E-state index contributed by atoms with van der Waals surface area (Å²) in [6.07, 6.45) is 2.71. The second-order valence-electron chi connectivity index (χ2n) is 4.51. The topological polar surface area (TPSA) is 107 Å². The van der Waals surface area contributed by atoms with E-state index < -0.39 is 12.0 Å². The fraction of sp³-hybridized carbons (Fsp3) is 0.267. The van der Waals surface area contributed by atoms with Crippen molar-refractivity contribution in [1.82, 2.24) is 9.78 Å². The van der Waals surface area contributed by atoms with Crippen molar-refractivity contribution in [3.8, 4) is 5.88 Å². The number of carbonyl (C=O) groups excluding carboxylic acids is 2. The molecule has 118 valence electrons. The summed E-state index contributed by atoms with van der Waals surface area (Å²) in [6.45, 7) is 0. The van der Waals surface area contributed by atoms with E-state index in [1.54, 1.807) is 31.3 Å². The summed E-state index contributed by atoms with van der Waals surface area (Å²) in [5.74, 6) is -0.241. The molecule has 22 heavy (non-hydrogen) atoms. The molecule has 0 fully saturated rings. The predicted octanol–water partition coefficient (Wildman–Crippen LogP) is 0.668. The Kier molecular flexibility index (Phi) is 6.78. The molecule has 0 amide bonds. The van der Waals surface area contributed by atoms with Gasteiger partial charge in [0.25, 0.3) is 0 Å². The number of methoxy groups -OCH3 is 1. The number of ether oxygens (including phenoxy) is 1. The number of aryl methyl sites for hydroxylation is 1. The van der Waals surface area contributed by atoms with E-state index >= 15 is 0 Å². The summed E-state index contributed by atoms with van der Waals surface area (Å²) < 4.78 is 5.90. The summed E-state index contributed by atoms with van der Waals surface area (Å²) >= 11 is 0. The maximum absolute atomic E-state index is 11.0. The van der Waals surface area contributed by atoms with Crippen LogP contribution in [-0.4, -0.2) is 40.3 Å². The van der Waals surface area contributed by atoms with Gasteiger partial charge in [0.1, 0.15) is 12.3 Å². The first-order valence-electron chi connectivity index (χ1n) is 6.52. The number of esters is 1. The van der Waals surface area contributed by atoms with Crippen LogP contribution in [0.25, 0.3) is 0 Å². The molecule has 7 heteroatoms. The molecule has 0 radical (unpaired) electrons. The Morgan fingerprint density at radius 1 is 1.41 bits per heavy atom. The van der Waals surface area contributed by atoms with Crippen molar-refractivity contribution < 1.29 is 19.4 Å². The van der Waals surface area contributed by atoms with Gasteiger partial charge < -0.3 is 15.6 Å². The molecule has 0 aliphatic carbocycles. The lowest BCUT2D eigenvalue weighted by molar-refractivity contribution is -0.142. The molecule has 3 N–H and O–H groups in total. The molecular weight excluding hydrogens is 286 g/mol. The van der Waals surface area contributed by atoms with Crippen LogP contribution in [-0.2, 0) is 23.0 Å². The molecule has 0 bridgehead atoms. The smallest absolute Gasteiger partial charge is 0.322 e. The van der Waals surface area contributed by atoms with Gasteiger partial charge in [-0.2, -0.15) is 5.10 Å². The van der Waals surface area contributed by atoms with Crippen LogP contribution in [0, 0.1) is 0 Å². The highest BCUT2D eigenvalue weighted by molar-refractivity contribution is 5.76. The molecule has 2 aromatic rings. The van der Waals surface area contributed by atoms with Crippen LogP contribution in [0.2, 0.25) is 0 Å². The highest BCUT2D eigenvalue weighted by atomic mass is 16.5. The number of hydrogen-bond donors (Lipinski definition) is 2. The second-order valence-corrected chi connectivity index (χ2v) is 4.51. The molecule has 0 aliphatic rings. The van der Waals surface area contributed by atoms with Gasteiger partial charge in [-0.25, -0.2) is 4.68 Å². The molecular formula is C15H19N3O4. The average Bonchev–Trinajstić information content (AvgIpc) is 2.91. The second kappa shape index (κ2) is 8.58. The number of nitrogens with zero attached hydrogens (tertiary/aromatic N) is 2. The Labute approximate surface area is 128 Å². The zero-order valence-corrected chi connectivity index (χ0v) is 12.5. The zero-order chi connectivity index (χ0) is 16.5. The van der Waals surface area contributed by atoms with Crippen LogP contribution in [0.4, 0.5) is 0 Å². The van der Waals surface area contributed by atoms with Gasteiger partial charge in [0.2, 0.25) is 5.88 Å². The van der Waals surface area contributed by atoms with Gasteiger partial charge in [-0.15, -0.1) is 0 Å². The summed E-state index contributed by atoms with van der Waals surface area (Å²) in [5.41, 5.74) is 7.09. The third-order valence-corrected chi connectivity index (χ3v) is 2.87. The lowest BCUT2D eigenvalue weighted by Gasteiger charge is -2.08.